The van der Waals surface area contributed by atoms with Crippen LogP contribution in [0.5, 0.6) is 0 Å². The molecule has 1 aromatic carbocycles. The minimum Gasteiger partial charge on any atom is -0.328 e. The molecule has 0 fully saturated rings. The summed E-state index contributed by atoms with van der Waals surface area (Å²) in [6.07, 6.45) is 3.63. The van der Waals surface area contributed by atoms with E-state index >= 15 is 0 Å². The van der Waals surface area contributed by atoms with Crippen LogP contribution >= 0.6 is 0 Å². The third-order valence-electron chi connectivity index (χ3n) is 3.33. The van der Waals surface area contributed by atoms with Gasteiger partial charge in [0, 0.05) is 13.0 Å². The van der Waals surface area contributed by atoms with Gasteiger partial charge >= 0.3 is 0 Å². The van der Waals surface area contributed by atoms with Crippen LogP contribution in [0.4, 0.5) is 0 Å². The summed E-state index contributed by atoms with van der Waals surface area (Å²) in [4.78, 5) is 15.0. The van der Waals surface area contributed by atoms with E-state index in [-0.39, 0.29) is 0 Å². The van der Waals surface area contributed by atoms with Crippen LogP contribution in [0.2, 0.25) is 0 Å². The van der Waals surface area contributed by atoms with Crippen LogP contribution in [0, 0.1) is 20.8 Å². The van der Waals surface area contributed by atoms with Gasteiger partial charge in [-0.3, -0.25) is 0 Å². The van der Waals surface area contributed by atoms with E-state index in [9.17, 15) is 4.79 Å². The van der Waals surface area contributed by atoms with Gasteiger partial charge in [0.2, 0.25) is 0 Å². The highest BCUT2D eigenvalue weighted by Crippen LogP contribution is 2.22. The Kier molecular flexibility index (Phi) is 3.80. The number of rotatable bonds is 5. The zero-order valence-corrected chi connectivity index (χ0v) is 11.4. The predicted molar refractivity (Wildman–Crippen MR) is 73.9 cm³/mol. The molecule has 0 aliphatic carbocycles. The quantitative estimate of drug-likeness (QED) is 0.597. The minimum atomic E-state index is 0.656. The van der Waals surface area contributed by atoms with E-state index < -0.39 is 0 Å². The van der Waals surface area contributed by atoms with E-state index in [0.717, 1.165) is 37.0 Å². The number of benzene rings is 1. The third kappa shape index (κ3) is 2.45. The van der Waals surface area contributed by atoms with E-state index in [1.165, 1.54) is 16.6 Å². The van der Waals surface area contributed by atoms with Gasteiger partial charge in [0.1, 0.15) is 12.1 Å². The lowest BCUT2D eigenvalue weighted by Crippen LogP contribution is -2.00. The van der Waals surface area contributed by atoms with Crippen molar-refractivity contribution in [2.24, 2.45) is 0 Å². The molecule has 1 aromatic heterocycles. The smallest absolute Gasteiger partial charge is 0.119 e. The Labute approximate surface area is 108 Å². The SMILES string of the molecule is Cc1cc(C)c2nc(C)n(CCCCC=O)c2c1. The Balaban J connectivity index is 2.31. The van der Waals surface area contributed by atoms with Crippen molar-refractivity contribution in [3.63, 3.8) is 0 Å². The topological polar surface area (TPSA) is 34.9 Å². The van der Waals surface area contributed by atoms with Crippen LogP contribution in [-0.4, -0.2) is 15.8 Å². The summed E-state index contributed by atoms with van der Waals surface area (Å²) in [6.45, 7) is 7.22. The van der Waals surface area contributed by atoms with Crippen LogP contribution < -0.4 is 0 Å². The van der Waals surface area contributed by atoms with Gasteiger partial charge in [0.15, 0.2) is 0 Å². The number of nitrogens with zero attached hydrogens (tertiary/aromatic N) is 2. The number of fused-ring (bicyclic) bond motifs is 1. The van der Waals surface area contributed by atoms with Crippen molar-refractivity contribution in [3.8, 4) is 0 Å². The van der Waals surface area contributed by atoms with Gasteiger partial charge in [0.05, 0.1) is 11.0 Å². The van der Waals surface area contributed by atoms with Crippen molar-refractivity contribution in [3.05, 3.63) is 29.1 Å². The number of carbonyl (C=O) groups excluding carboxylic acids is 1. The molecule has 0 saturated carbocycles. The van der Waals surface area contributed by atoms with Crippen molar-refractivity contribution in [2.45, 2.75) is 46.6 Å². The largest absolute Gasteiger partial charge is 0.328 e. The molecular weight excluding hydrogens is 224 g/mol. The molecule has 0 radical (unpaired) electrons. The molecule has 0 N–H and O–H groups in total. The van der Waals surface area contributed by atoms with Crippen molar-refractivity contribution < 1.29 is 4.79 Å². The molecule has 2 aromatic rings. The third-order valence-corrected chi connectivity index (χ3v) is 3.33. The van der Waals surface area contributed by atoms with Gasteiger partial charge in [-0.05, 0) is 50.8 Å². The van der Waals surface area contributed by atoms with E-state index in [2.05, 4.69) is 42.5 Å². The number of unbranched alkanes of at least 4 members (excludes halogenated alkanes) is 2. The lowest BCUT2D eigenvalue weighted by molar-refractivity contribution is -0.107. The number of carbonyl (C=O) groups is 1. The zero-order valence-electron chi connectivity index (χ0n) is 11.4. The summed E-state index contributed by atoms with van der Waals surface area (Å²) >= 11 is 0. The fourth-order valence-electron chi connectivity index (χ4n) is 2.47. The Bertz CT molecular complexity index is 569. The molecule has 0 unspecified atom stereocenters. The average Bonchev–Trinajstić information content (AvgIpc) is 2.62. The van der Waals surface area contributed by atoms with Gasteiger partial charge in [-0.15, -0.1) is 0 Å². The lowest BCUT2D eigenvalue weighted by Gasteiger charge is -2.07. The van der Waals surface area contributed by atoms with Gasteiger partial charge in [-0.2, -0.15) is 0 Å². The fraction of sp³-hybridized carbons (Fsp3) is 0.467. The summed E-state index contributed by atoms with van der Waals surface area (Å²) in [5.74, 6) is 1.06. The van der Waals surface area contributed by atoms with Crippen LogP contribution in [-0.2, 0) is 11.3 Å². The monoisotopic (exact) mass is 244 g/mol. The summed E-state index contributed by atoms with van der Waals surface area (Å²) in [5.41, 5.74) is 4.83. The number of hydrogen-bond acceptors (Lipinski definition) is 2. The second-order valence-corrected chi connectivity index (χ2v) is 4.92. The highest BCUT2D eigenvalue weighted by Gasteiger charge is 2.09. The first-order valence-electron chi connectivity index (χ1n) is 6.51. The molecule has 18 heavy (non-hydrogen) atoms. The first-order valence-corrected chi connectivity index (χ1v) is 6.51. The molecule has 1 heterocycles. The van der Waals surface area contributed by atoms with Crippen molar-refractivity contribution in [1.82, 2.24) is 9.55 Å². The summed E-state index contributed by atoms with van der Waals surface area (Å²) in [6, 6.07) is 4.37. The normalized spacial score (nSPS) is 11.1. The van der Waals surface area contributed by atoms with Gasteiger partial charge in [0.25, 0.3) is 0 Å². The Morgan fingerprint density at radius 2 is 2.00 bits per heavy atom. The Hall–Kier alpha value is -1.64. The zero-order chi connectivity index (χ0) is 13.1. The standard InChI is InChI=1S/C15H20N2O/c1-11-9-12(2)15-14(10-11)17(13(3)16-15)7-5-4-6-8-18/h8-10H,4-7H2,1-3H3. The maximum Gasteiger partial charge on any atom is 0.119 e. The van der Waals surface area contributed by atoms with Crippen molar-refractivity contribution in [1.29, 1.82) is 0 Å². The van der Waals surface area contributed by atoms with Crippen LogP contribution in [0.25, 0.3) is 11.0 Å². The molecule has 3 heteroatoms. The van der Waals surface area contributed by atoms with Gasteiger partial charge < -0.3 is 9.36 Å². The van der Waals surface area contributed by atoms with Crippen LogP contribution in [0.1, 0.15) is 36.2 Å². The molecule has 0 bridgehead atoms. The fourth-order valence-corrected chi connectivity index (χ4v) is 2.47. The summed E-state index contributed by atoms with van der Waals surface area (Å²) < 4.78 is 2.26. The molecule has 0 spiro atoms. The van der Waals surface area contributed by atoms with E-state index in [4.69, 9.17) is 0 Å². The minimum absolute atomic E-state index is 0.656. The number of aryl methyl sites for hydroxylation is 4. The second-order valence-electron chi connectivity index (χ2n) is 4.92. The molecule has 3 nitrogen and oxygen atoms in total. The predicted octanol–water partition coefficient (Wildman–Crippen LogP) is 3.33. The first-order chi connectivity index (χ1) is 8.63. The Morgan fingerprint density at radius 3 is 2.72 bits per heavy atom. The summed E-state index contributed by atoms with van der Waals surface area (Å²) in [7, 11) is 0. The van der Waals surface area contributed by atoms with Gasteiger partial charge in [-0.1, -0.05) is 6.07 Å². The lowest BCUT2D eigenvalue weighted by atomic mass is 10.1. The number of hydrogen-bond donors (Lipinski definition) is 0. The summed E-state index contributed by atoms with van der Waals surface area (Å²) in [5, 5.41) is 0. The van der Waals surface area contributed by atoms with Crippen molar-refractivity contribution in [2.75, 3.05) is 0 Å². The molecule has 2 rings (SSSR count). The van der Waals surface area contributed by atoms with E-state index in [0.29, 0.717) is 6.42 Å². The first kappa shape index (κ1) is 12.8. The average molecular weight is 244 g/mol. The highest BCUT2D eigenvalue weighted by atomic mass is 16.1. The number of aromatic nitrogens is 2. The number of aldehydes is 1. The van der Waals surface area contributed by atoms with Crippen molar-refractivity contribution >= 4 is 17.3 Å². The van der Waals surface area contributed by atoms with Crippen LogP contribution in [0.15, 0.2) is 12.1 Å². The van der Waals surface area contributed by atoms with Gasteiger partial charge in [-0.25, -0.2) is 4.98 Å². The Morgan fingerprint density at radius 1 is 1.22 bits per heavy atom. The maximum atomic E-state index is 10.3. The maximum absolute atomic E-state index is 10.3. The molecule has 0 amide bonds. The van der Waals surface area contributed by atoms with E-state index in [1.54, 1.807) is 0 Å². The second kappa shape index (κ2) is 5.34. The highest BCUT2D eigenvalue weighted by molar-refractivity contribution is 5.80. The molecule has 0 aliphatic rings. The van der Waals surface area contributed by atoms with E-state index in [1.807, 2.05) is 0 Å². The molecule has 0 saturated heterocycles. The molecule has 0 atom stereocenters. The molecular formula is C15H20N2O. The molecule has 96 valence electrons. The molecule has 0 aliphatic heterocycles. The number of imidazole rings is 1. The van der Waals surface area contributed by atoms with Crippen LogP contribution in [0.3, 0.4) is 0 Å².